The van der Waals surface area contributed by atoms with Crippen LogP contribution in [0.25, 0.3) is 133 Å². The molecular weight excluding hydrogens is 827 g/mol. The molecule has 0 bridgehead atoms. The predicted octanol–water partition coefficient (Wildman–Crippen LogP) is 17.7. The van der Waals surface area contributed by atoms with Gasteiger partial charge in [0.1, 0.15) is 22.3 Å². The molecule has 3 aliphatic rings. The number of fused-ring (bicyclic) bond motifs is 23. The SMILES string of the molecule is Cc1ccc2c(c1-c1ccccc1CC(C)c1cc3c4ccccc4oc3c3c1c1c(c4ccc(-n5c6ccccc6c6c7oc8ccccc8c7ccc65)cc43)C=C1)C1=C[C]1c1ccccc1-2. The minimum absolute atomic E-state index is 0.182. The molecule has 3 heterocycles. The summed E-state index contributed by atoms with van der Waals surface area (Å²) in [5, 5.41) is 11.8. The van der Waals surface area contributed by atoms with E-state index in [1.54, 1.807) is 0 Å². The van der Waals surface area contributed by atoms with Gasteiger partial charge in [-0.1, -0.05) is 146 Å². The van der Waals surface area contributed by atoms with E-state index in [9.17, 15) is 0 Å². The van der Waals surface area contributed by atoms with Crippen molar-refractivity contribution in [1.82, 2.24) is 4.57 Å². The zero-order valence-electron chi connectivity index (χ0n) is 37.4. The normalized spacial score (nSPS) is 14.3. The summed E-state index contributed by atoms with van der Waals surface area (Å²) < 4.78 is 16.1. The Morgan fingerprint density at radius 1 is 0.471 bits per heavy atom. The maximum Gasteiger partial charge on any atom is 0.145 e. The van der Waals surface area contributed by atoms with Gasteiger partial charge in [0.2, 0.25) is 0 Å². The summed E-state index contributed by atoms with van der Waals surface area (Å²) in [6, 6.07) is 62.5. The number of benzene rings is 10. The van der Waals surface area contributed by atoms with Gasteiger partial charge in [0, 0.05) is 38.0 Å². The fourth-order valence-corrected chi connectivity index (χ4v) is 12.6. The minimum atomic E-state index is 0.182. The first kappa shape index (κ1) is 36.8. The van der Waals surface area contributed by atoms with Crippen LogP contribution in [0.15, 0.2) is 185 Å². The van der Waals surface area contributed by atoms with E-state index in [0.29, 0.717) is 0 Å². The van der Waals surface area contributed by atoms with Crippen molar-refractivity contribution >= 4 is 105 Å². The Bertz CT molecular complexity index is 4510. The lowest BCUT2D eigenvalue weighted by Crippen LogP contribution is -2.06. The molecule has 0 saturated carbocycles. The Morgan fingerprint density at radius 2 is 1.15 bits per heavy atom. The molecule has 0 fully saturated rings. The smallest absolute Gasteiger partial charge is 0.145 e. The highest BCUT2D eigenvalue weighted by Gasteiger charge is 2.39. The fraction of sp³-hybridized carbons (Fsp3) is 0.0615. The van der Waals surface area contributed by atoms with Crippen molar-refractivity contribution in [3.8, 4) is 27.9 Å². The highest BCUT2D eigenvalue weighted by molar-refractivity contribution is 6.30. The third-order valence-electron chi connectivity index (χ3n) is 15.7. The lowest BCUT2D eigenvalue weighted by atomic mass is 9.77. The van der Waals surface area contributed by atoms with Gasteiger partial charge in [-0.05, 0) is 151 Å². The van der Waals surface area contributed by atoms with Gasteiger partial charge < -0.3 is 13.4 Å². The van der Waals surface area contributed by atoms with Crippen LogP contribution in [-0.2, 0) is 6.42 Å². The number of hydrogen-bond donors (Lipinski definition) is 0. The van der Waals surface area contributed by atoms with Gasteiger partial charge >= 0.3 is 0 Å². The van der Waals surface area contributed by atoms with E-state index in [1.165, 1.54) is 99.6 Å². The molecule has 0 aliphatic heterocycles. The first-order valence-corrected chi connectivity index (χ1v) is 23.9. The van der Waals surface area contributed by atoms with Gasteiger partial charge in [0.25, 0.3) is 0 Å². The molecule has 3 nitrogen and oxygen atoms in total. The van der Waals surface area contributed by atoms with Crippen molar-refractivity contribution in [2.45, 2.75) is 26.2 Å². The molecule has 10 aromatic carbocycles. The van der Waals surface area contributed by atoms with Crippen molar-refractivity contribution in [3.63, 3.8) is 0 Å². The summed E-state index contributed by atoms with van der Waals surface area (Å²) in [6.45, 7) is 4.72. The number of para-hydroxylation sites is 3. The van der Waals surface area contributed by atoms with Crippen LogP contribution in [0.2, 0.25) is 0 Å². The topological polar surface area (TPSA) is 31.2 Å². The molecule has 1 atom stereocenters. The zero-order chi connectivity index (χ0) is 44.5. The second kappa shape index (κ2) is 13.1. The average molecular weight is 867 g/mol. The summed E-state index contributed by atoms with van der Waals surface area (Å²) in [7, 11) is 0. The van der Waals surface area contributed by atoms with Crippen molar-refractivity contribution < 1.29 is 8.83 Å². The number of aryl methyl sites for hydroxylation is 1. The maximum atomic E-state index is 7.03. The first-order valence-electron chi connectivity index (χ1n) is 23.9. The van der Waals surface area contributed by atoms with E-state index in [2.05, 4.69) is 200 Å². The van der Waals surface area contributed by atoms with E-state index in [0.717, 1.165) is 72.4 Å². The summed E-state index contributed by atoms with van der Waals surface area (Å²) >= 11 is 0. The average Bonchev–Trinajstić information content (AvgIpc) is 3.79. The van der Waals surface area contributed by atoms with Crippen molar-refractivity contribution in [3.05, 3.63) is 221 Å². The summed E-state index contributed by atoms with van der Waals surface area (Å²) in [4.78, 5) is 0. The Labute approximate surface area is 391 Å². The minimum Gasteiger partial charge on any atom is -0.455 e. The van der Waals surface area contributed by atoms with Crippen LogP contribution in [0, 0.1) is 12.8 Å². The van der Waals surface area contributed by atoms with Crippen LogP contribution in [0.1, 0.15) is 51.8 Å². The molecule has 317 valence electrons. The summed E-state index contributed by atoms with van der Waals surface area (Å²) in [5.74, 6) is 1.57. The second-order valence-corrected chi connectivity index (χ2v) is 19.3. The van der Waals surface area contributed by atoms with Gasteiger partial charge in [-0.2, -0.15) is 0 Å². The van der Waals surface area contributed by atoms with Crippen molar-refractivity contribution in [2.24, 2.45) is 0 Å². The number of nitrogens with zero attached hydrogens (tertiary/aromatic N) is 1. The molecule has 3 aromatic heterocycles. The molecule has 3 heteroatoms. The third-order valence-corrected chi connectivity index (χ3v) is 15.7. The number of furan rings is 2. The van der Waals surface area contributed by atoms with Crippen LogP contribution in [-0.4, -0.2) is 4.57 Å². The zero-order valence-corrected chi connectivity index (χ0v) is 37.4. The maximum absolute atomic E-state index is 7.03. The van der Waals surface area contributed by atoms with E-state index in [1.807, 2.05) is 6.07 Å². The number of aromatic nitrogens is 1. The second-order valence-electron chi connectivity index (χ2n) is 19.3. The molecule has 3 aliphatic carbocycles. The van der Waals surface area contributed by atoms with E-state index < -0.39 is 0 Å². The van der Waals surface area contributed by atoms with Crippen LogP contribution in [0.4, 0.5) is 0 Å². The highest BCUT2D eigenvalue weighted by atomic mass is 16.3. The molecule has 13 aromatic rings. The van der Waals surface area contributed by atoms with Gasteiger partial charge in [0.15, 0.2) is 0 Å². The third kappa shape index (κ3) is 4.77. The number of hydrogen-bond acceptors (Lipinski definition) is 2. The van der Waals surface area contributed by atoms with E-state index >= 15 is 0 Å². The molecule has 0 saturated heterocycles. The molecule has 68 heavy (non-hydrogen) atoms. The molecule has 1 unspecified atom stereocenters. The first-order chi connectivity index (χ1) is 33.6. The summed E-state index contributed by atoms with van der Waals surface area (Å²) in [5.41, 5.74) is 23.2. The van der Waals surface area contributed by atoms with Crippen LogP contribution >= 0.6 is 0 Å². The van der Waals surface area contributed by atoms with Gasteiger partial charge in [-0.3, -0.25) is 0 Å². The Hall–Kier alpha value is -8.40. The number of rotatable bonds is 5. The Kier molecular flexibility index (Phi) is 7.11. The molecule has 0 N–H and O–H groups in total. The van der Waals surface area contributed by atoms with Crippen molar-refractivity contribution in [1.29, 1.82) is 0 Å². The largest absolute Gasteiger partial charge is 0.455 e. The van der Waals surface area contributed by atoms with Crippen LogP contribution in [0.3, 0.4) is 0 Å². The van der Waals surface area contributed by atoms with Gasteiger partial charge in [0.05, 0.1) is 22.3 Å². The van der Waals surface area contributed by atoms with Gasteiger partial charge in [-0.25, -0.2) is 0 Å². The predicted molar refractivity (Wildman–Crippen MR) is 284 cm³/mol. The highest BCUT2D eigenvalue weighted by Crippen LogP contribution is 2.58. The Morgan fingerprint density at radius 3 is 1.96 bits per heavy atom. The molecule has 16 rings (SSSR count). The lowest BCUT2D eigenvalue weighted by Gasteiger charge is -2.26. The van der Waals surface area contributed by atoms with E-state index in [-0.39, 0.29) is 5.92 Å². The fourth-order valence-electron chi connectivity index (χ4n) is 12.6. The lowest BCUT2D eigenvalue weighted by molar-refractivity contribution is 0.672. The van der Waals surface area contributed by atoms with Crippen LogP contribution < -0.4 is 0 Å². The summed E-state index contributed by atoms with van der Waals surface area (Å²) in [6.07, 6.45) is 7.90. The van der Waals surface area contributed by atoms with E-state index in [4.69, 9.17) is 8.83 Å². The molecule has 0 amide bonds. The quantitative estimate of drug-likeness (QED) is 0.161. The monoisotopic (exact) mass is 866 g/mol. The number of allylic oxidation sites excluding steroid dienone is 2. The standard InChI is InChI=1S/C65H40NO2/c1-35-23-25-46-40-15-5-6-16-41(40)51-34-53(51)61(46)59(35)39-14-4-3-13-37(39)31-36(2)50-33-54-45-18-9-12-22-58(45)68-65(54)63-52-32-38(24-26-43(52)42-27-28-47(42)60(50)63)66-55-20-10-7-19-49(55)62-56(66)30-29-48-44-17-8-11-21-57(44)67-64(48)62/h3-30,32-34,36H,31H2,1-2H3. The van der Waals surface area contributed by atoms with Crippen LogP contribution in [0.5, 0.6) is 0 Å². The van der Waals surface area contributed by atoms with Gasteiger partial charge in [-0.15, -0.1) is 0 Å². The van der Waals surface area contributed by atoms with Crippen molar-refractivity contribution in [2.75, 3.05) is 0 Å². The molecular formula is C65H40NO2. The molecule has 0 spiro atoms. The Balaban J connectivity index is 0.924. The molecule has 1 radical (unpaired) electrons.